The van der Waals surface area contributed by atoms with Crippen molar-refractivity contribution in [2.24, 2.45) is 11.7 Å². The SMILES string of the molecule is CC(C)C(N)c1cc2ccccc2n1S(=O)(=O)c1ccccc1. The minimum atomic E-state index is -3.69. The van der Waals surface area contributed by atoms with E-state index in [0.29, 0.717) is 11.2 Å². The summed E-state index contributed by atoms with van der Waals surface area (Å²) in [7, 11) is -3.69. The van der Waals surface area contributed by atoms with Crippen LogP contribution in [0.5, 0.6) is 0 Å². The maximum absolute atomic E-state index is 13.2. The number of fused-ring (bicyclic) bond motifs is 1. The van der Waals surface area contributed by atoms with Crippen LogP contribution in [0.1, 0.15) is 25.6 Å². The molecule has 0 spiro atoms. The van der Waals surface area contributed by atoms with Crippen LogP contribution in [0.2, 0.25) is 0 Å². The number of hydrogen-bond donors (Lipinski definition) is 1. The van der Waals surface area contributed by atoms with Gasteiger partial charge < -0.3 is 5.73 Å². The third-order valence-corrected chi connectivity index (χ3v) is 5.79. The Morgan fingerprint density at radius 2 is 1.57 bits per heavy atom. The van der Waals surface area contributed by atoms with Gasteiger partial charge in [-0.1, -0.05) is 50.2 Å². The molecular weight excluding hydrogens is 308 g/mol. The molecule has 1 heterocycles. The van der Waals surface area contributed by atoms with Crippen LogP contribution in [-0.2, 0) is 10.0 Å². The Balaban J connectivity index is 2.33. The molecule has 0 aliphatic heterocycles. The van der Waals surface area contributed by atoms with Gasteiger partial charge in [-0.15, -0.1) is 0 Å². The molecule has 3 aromatic rings. The van der Waals surface area contributed by atoms with Gasteiger partial charge in [0.2, 0.25) is 0 Å². The van der Waals surface area contributed by atoms with E-state index in [2.05, 4.69) is 0 Å². The largest absolute Gasteiger partial charge is 0.322 e. The molecule has 2 aromatic carbocycles. The lowest BCUT2D eigenvalue weighted by atomic mass is 10.0. The summed E-state index contributed by atoms with van der Waals surface area (Å²) in [6, 6.07) is 17.4. The Morgan fingerprint density at radius 3 is 2.22 bits per heavy atom. The van der Waals surface area contributed by atoms with Gasteiger partial charge in [-0.3, -0.25) is 0 Å². The standard InChI is InChI=1S/C18H20N2O2S/c1-13(2)18(19)17-12-14-8-6-7-11-16(14)20(17)23(21,22)15-9-4-3-5-10-15/h3-13,18H,19H2,1-2H3. The van der Waals surface area contributed by atoms with Gasteiger partial charge in [0.05, 0.1) is 16.1 Å². The molecule has 0 radical (unpaired) electrons. The molecule has 0 saturated heterocycles. The monoisotopic (exact) mass is 328 g/mol. The van der Waals surface area contributed by atoms with Gasteiger partial charge in [0.15, 0.2) is 0 Å². The lowest BCUT2D eigenvalue weighted by molar-refractivity contribution is 0.498. The molecule has 3 rings (SSSR count). The first-order chi connectivity index (χ1) is 10.9. The van der Waals surface area contributed by atoms with Gasteiger partial charge in [0.1, 0.15) is 0 Å². The zero-order valence-electron chi connectivity index (χ0n) is 13.2. The third kappa shape index (κ3) is 2.66. The van der Waals surface area contributed by atoms with Crippen molar-refractivity contribution in [3.8, 4) is 0 Å². The Hall–Kier alpha value is -2.11. The van der Waals surface area contributed by atoms with Crippen molar-refractivity contribution in [2.45, 2.75) is 24.8 Å². The lowest BCUT2D eigenvalue weighted by Gasteiger charge is -2.19. The summed E-state index contributed by atoms with van der Waals surface area (Å²) >= 11 is 0. The second kappa shape index (κ2) is 5.83. The highest BCUT2D eigenvalue weighted by atomic mass is 32.2. The minimum Gasteiger partial charge on any atom is -0.322 e. The second-order valence-corrected chi connectivity index (χ2v) is 7.77. The molecule has 0 aliphatic carbocycles. The predicted molar refractivity (Wildman–Crippen MR) is 92.7 cm³/mol. The zero-order chi connectivity index (χ0) is 16.6. The molecule has 1 atom stereocenters. The van der Waals surface area contributed by atoms with Crippen LogP contribution in [0, 0.1) is 5.92 Å². The van der Waals surface area contributed by atoms with Crippen molar-refractivity contribution >= 4 is 20.9 Å². The summed E-state index contributed by atoms with van der Waals surface area (Å²) in [5, 5.41) is 0.873. The summed E-state index contributed by atoms with van der Waals surface area (Å²) in [6.45, 7) is 3.98. The first-order valence-electron chi connectivity index (χ1n) is 7.59. The van der Waals surface area contributed by atoms with Crippen LogP contribution in [0.25, 0.3) is 10.9 Å². The van der Waals surface area contributed by atoms with Crippen molar-refractivity contribution in [2.75, 3.05) is 0 Å². The van der Waals surface area contributed by atoms with Gasteiger partial charge in [-0.25, -0.2) is 12.4 Å². The van der Waals surface area contributed by atoms with Crippen molar-refractivity contribution < 1.29 is 8.42 Å². The highest BCUT2D eigenvalue weighted by molar-refractivity contribution is 7.90. The van der Waals surface area contributed by atoms with Crippen LogP contribution in [0.4, 0.5) is 0 Å². The van der Waals surface area contributed by atoms with E-state index < -0.39 is 10.0 Å². The molecule has 5 heteroatoms. The fraction of sp³-hybridized carbons (Fsp3) is 0.222. The number of aromatic nitrogens is 1. The van der Waals surface area contributed by atoms with E-state index in [1.165, 1.54) is 3.97 Å². The van der Waals surface area contributed by atoms with Gasteiger partial charge in [-0.2, -0.15) is 0 Å². The number of para-hydroxylation sites is 1. The van der Waals surface area contributed by atoms with Crippen LogP contribution in [-0.4, -0.2) is 12.4 Å². The van der Waals surface area contributed by atoms with Gasteiger partial charge >= 0.3 is 0 Å². The average molecular weight is 328 g/mol. The summed E-state index contributed by atoms with van der Waals surface area (Å²) in [6.07, 6.45) is 0. The van der Waals surface area contributed by atoms with Crippen molar-refractivity contribution in [3.05, 3.63) is 66.4 Å². The fourth-order valence-corrected chi connectivity index (χ4v) is 4.28. The number of nitrogens with zero attached hydrogens (tertiary/aromatic N) is 1. The lowest BCUT2D eigenvalue weighted by Crippen LogP contribution is -2.24. The molecule has 4 nitrogen and oxygen atoms in total. The molecule has 1 unspecified atom stereocenters. The summed E-state index contributed by atoms with van der Waals surface area (Å²) in [4.78, 5) is 0.263. The maximum atomic E-state index is 13.2. The zero-order valence-corrected chi connectivity index (χ0v) is 14.0. The third-order valence-electron chi connectivity index (χ3n) is 4.03. The predicted octanol–water partition coefficient (Wildman–Crippen LogP) is 3.53. The summed E-state index contributed by atoms with van der Waals surface area (Å²) < 4.78 is 27.7. The highest BCUT2D eigenvalue weighted by Crippen LogP contribution is 2.30. The van der Waals surface area contributed by atoms with Crippen molar-refractivity contribution in [3.63, 3.8) is 0 Å². The molecule has 0 amide bonds. The second-order valence-electron chi connectivity index (χ2n) is 5.98. The smallest absolute Gasteiger partial charge is 0.268 e. The molecular formula is C18H20N2O2S. The summed E-state index contributed by atoms with van der Waals surface area (Å²) in [5.41, 5.74) is 7.56. The van der Waals surface area contributed by atoms with Crippen LogP contribution < -0.4 is 5.73 Å². The van der Waals surface area contributed by atoms with E-state index in [-0.39, 0.29) is 16.9 Å². The fourth-order valence-electron chi connectivity index (χ4n) is 2.69. The Labute approximate surface area is 136 Å². The minimum absolute atomic E-state index is 0.129. The van der Waals surface area contributed by atoms with Gasteiger partial charge in [0.25, 0.3) is 10.0 Å². The molecule has 1 aromatic heterocycles. The molecule has 0 bridgehead atoms. The van der Waals surface area contributed by atoms with Crippen molar-refractivity contribution in [1.82, 2.24) is 3.97 Å². The van der Waals surface area contributed by atoms with Gasteiger partial charge in [-0.05, 0) is 30.2 Å². The highest BCUT2D eigenvalue weighted by Gasteiger charge is 2.26. The van der Waals surface area contributed by atoms with E-state index in [0.717, 1.165) is 5.39 Å². The van der Waals surface area contributed by atoms with Gasteiger partial charge in [0, 0.05) is 11.4 Å². The van der Waals surface area contributed by atoms with Crippen LogP contribution in [0.3, 0.4) is 0 Å². The maximum Gasteiger partial charge on any atom is 0.268 e. The number of rotatable bonds is 4. The number of hydrogen-bond acceptors (Lipinski definition) is 3. The Bertz CT molecular complexity index is 928. The molecule has 0 saturated carbocycles. The first kappa shape index (κ1) is 15.8. The summed E-state index contributed by atoms with van der Waals surface area (Å²) in [5.74, 6) is 0.129. The first-order valence-corrected chi connectivity index (χ1v) is 9.03. The van der Waals surface area contributed by atoms with E-state index in [9.17, 15) is 8.42 Å². The van der Waals surface area contributed by atoms with E-state index in [4.69, 9.17) is 5.73 Å². The van der Waals surface area contributed by atoms with Crippen LogP contribution in [0.15, 0.2) is 65.6 Å². The van der Waals surface area contributed by atoms with E-state index in [1.807, 2.05) is 44.2 Å². The van der Waals surface area contributed by atoms with Crippen LogP contribution >= 0.6 is 0 Å². The Morgan fingerprint density at radius 1 is 0.957 bits per heavy atom. The van der Waals surface area contributed by atoms with E-state index in [1.54, 1.807) is 30.3 Å². The Kier molecular flexibility index (Phi) is 4.00. The molecule has 0 fully saturated rings. The van der Waals surface area contributed by atoms with E-state index >= 15 is 0 Å². The molecule has 0 aliphatic rings. The normalized spacial score (nSPS) is 13.6. The number of nitrogens with two attached hydrogens (primary N) is 1. The average Bonchev–Trinajstić information content (AvgIpc) is 2.94. The quantitative estimate of drug-likeness (QED) is 0.797. The number of benzene rings is 2. The molecule has 2 N–H and O–H groups in total. The topological polar surface area (TPSA) is 65.1 Å². The van der Waals surface area contributed by atoms with Crippen molar-refractivity contribution in [1.29, 1.82) is 0 Å². The molecule has 120 valence electrons. The molecule has 23 heavy (non-hydrogen) atoms.